The average molecular weight is 1140 g/mol. The Morgan fingerprint density at radius 2 is 0.643 bits per heavy atom. The molecule has 0 saturated carbocycles. The van der Waals surface area contributed by atoms with Crippen molar-refractivity contribution in [3.63, 3.8) is 0 Å². The van der Waals surface area contributed by atoms with Crippen molar-refractivity contribution in [1.29, 1.82) is 52.6 Å². The van der Waals surface area contributed by atoms with Crippen LogP contribution in [0.5, 0.6) is 0 Å². The molecule has 6 aliphatic heterocycles. The first-order chi connectivity index (χ1) is 40.9. The Labute approximate surface area is 501 Å². The minimum atomic E-state index is -0.893. The normalized spacial score (nSPS) is 20.0. The Morgan fingerprint density at radius 1 is 0.321 bits per heavy atom. The lowest BCUT2D eigenvalue weighted by Crippen LogP contribution is -2.54. The first-order valence-electron chi connectivity index (χ1n) is 28.0. The van der Waals surface area contributed by atoms with Crippen LogP contribution in [-0.4, -0.2) is 279 Å². The molecule has 2 atom stereocenters. The van der Waals surface area contributed by atoms with Crippen LogP contribution in [0, 0.1) is 175 Å². The quantitative estimate of drug-likeness (QED) is 0.144. The summed E-state index contributed by atoms with van der Waals surface area (Å²) in [5.41, 5.74) is 0. The van der Waals surface area contributed by atoms with Crippen molar-refractivity contribution in [2.45, 2.75) is 63.2 Å². The predicted octanol–water partition coefficient (Wildman–Crippen LogP) is 0.836. The molecule has 0 aromatic carbocycles. The second-order valence-electron chi connectivity index (χ2n) is 20.1. The van der Waals surface area contributed by atoms with Gasteiger partial charge in [-0.15, -0.1) is 38.0 Å². The lowest BCUT2D eigenvalue weighted by atomic mass is 10.2. The minimum Gasteiger partial charge on any atom is -0.300 e. The first kappa shape index (κ1) is 74.1. The molecule has 6 rings (SSSR count). The van der Waals surface area contributed by atoms with Crippen molar-refractivity contribution in [1.82, 2.24) is 63.7 Å². The van der Waals surface area contributed by atoms with Crippen LogP contribution in [0.4, 0.5) is 4.39 Å². The van der Waals surface area contributed by atoms with Crippen LogP contribution in [0.15, 0.2) is 0 Å². The third-order valence-corrected chi connectivity index (χ3v) is 13.5. The number of piperazine rings is 1. The number of terminal acetylenes is 5. The number of halogens is 1. The Balaban J connectivity index is 0.000000505. The lowest BCUT2D eigenvalue weighted by molar-refractivity contribution is -0.00841. The summed E-state index contributed by atoms with van der Waals surface area (Å²) in [4.78, 5) is 26.6. The van der Waals surface area contributed by atoms with E-state index in [4.69, 9.17) is 84.7 Å². The third kappa shape index (κ3) is 33.3. The first-order valence-corrected chi connectivity index (χ1v) is 28.0. The maximum Gasteiger partial charge on any atom is 0.187 e. The number of nitrogens with zero attached hydrogens (tertiary/aromatic N) is 23. The van der Waals surface area contributed by atoms with E-state index in [-0.39, 0.29) is 6.54 Å². The van der Waals surface area contributed by atoms with Crippen LogP contribution in [0.1, 0.15) is 44.9 Å². The molecule has 2 unspecified atom stereocenters. The topological polar surface area (TPSA) is 280 Å². The van der Waals surface area contributed by atoms with Crippen molar-refractivity contribution in [2.75, 3.05) is 197 Å². The van der Waals surface area contributed by atoms with Crippen LogP contribution in [-0.2, 0) is 0 Å². The van der Waals surface area contributed by atoms with Gasteiger partial charge in [0.15, 0.2) is 12.1 Å². The van der Waals surface area contributed by atoms with E-state index in [1.807, 2.05) is 43.9 Å². The molecule has 0 aromatic heterocycles. The summed E-state index contributed by atoms with van der Waals surface area (Å²) in [5, 5.41) is 85.9. The fraction of sp³-hybridized carbons (Fsp3) is 0.667. The number of alkyl halides is 1. The molecule has 6 saturated heterocycles. The van der Waals surface area contributed by atoms with Gasteiger partial charge in [0.25, 0.3) is 0 Å². The highest BCUT2D eigenvalue weighted by atomic mass is 19.1. The summed E-state index contributed by atoms with van der Waals surface area (Å²) in [7, 11) is 0. The van der Waals surface area contributed by atoms with Crippen molar-refractivity contribution in [2.24, 2.45) is 0 Å². The van der Waals surface area contributed by atoms with E-state index in [2.05, 4.69) is 95.4 Å². The molecular weight excluding hydrogens is 1060 g/mol. The van der Waals surface area contributed by atoms with Crippen LogP contribution in [0.3, 0.4) is 0 Å². The summed E-state index contributed by atoms with van der Waals surface area (Å²) in [6.07, 6.45) is 31.0. The lowest BCUT2D eigenvalue weighted by Gasteiger charge is -2.39. The van der Waals surface area contributed by atoms with E-state index in [9.17, 15) is 4.39 Å². The average Bonchev–Trinajstić information content (AvgIpc) is 3.57. The van der Waals surface area contributed by atoms with Gasteiger partial charge in [-0.25, -0.2) is 4.39 Å². The highest BCUT2D eigenvalue weighted by Gasteiger charge is 2.28. The van der Waals surface area contributed by atoms with E-state index < -0.39 is 18.3 Å². The van der Waals surface area contributed by atoms with Crippen LogP contribution in [0.25, 0.3) is 0 Å². The maximum absolute atomic E-state index is 13.1. The Morgan fingerprint density at radius 3 is 1.07 bits per heavy atom. The molecule has 23 nitrogen and oxygen atoms in total. The smallest absolute Gasteiger partial charge is 0.187 e. The molecule has 0 N–H and O–H groups in total. The van der Waals surface area contributed by atoms with Gasteiger partial charge in [0.2, 0.25) is 0 Å². The van der Waals surface area contributed by atoms with E-state index in [1.165, 1.54) is 6.42 Å². The third-order valence-electron chi connectivity index (χ3n) is 13.5. The molecule has 84 heavy (non-hydrogen) atoms. The van der Waals surface area contributed by atoms with Crippen LogP contribution >= 0.6 is 0 Å². The van der Waals surface area contributed by atoms with E-state index in [0.29, 0.717) is 112 Å². The largest absolute Gasteiger partial charge is 0.300 e. The maximum atomic E-state index is 13.1. The number of rotatable bonds is 17. The van der Waals surface area contributed by atoms with Gasteiger partial charge < -0.3 is 0 Å². The zero-order valence-corrected chi connectivity index (χ0v) is 48.9. The summed E-state index contributed by atoms with van der Waals surface area (Å²) in [5.74, 6) is 12.7. The van der Waals surface area contributed by atoms with Crippen LogP contribution < -0.4 is 0 Å². The molecule has 6 fully saturated rings. The molecule has 0 bridgehead atoms. The molecule has 0 radical (unpaired) electrons. The van der Waals surface area contributed by atoms with Crippen molar-refractivity contribution in [3.05, 3.63) is 0 Å². The zero-order valence-electron chi connectivity index (χ0n) is 48.9. The SMILES string of the molecule is C#CC(C#N)N1CCCN(C(C#N)C#N)C1.C#CCCN1CCCN(CCC#N)C1.C#CCN1CC(F)CN(CC#N)C1.C#CCN1CCCN(CC#N)C1.C#CCN1CN(CC#N)CN(CC#N)C1.N#CCCN1CCN(CCC#N)CC1. The predicted molar refractivity (Wildman–Crippen MR) is 315 cm³/mol. The summed E-state index contributed by atoms with van der Waals surface area (Å²) in [6, 6.07) is 19.4. The fourth-order valence-corrected chi connectivity index (χ4v) is 9.60. The van der Waals surface area contributed by atoms with Gasteiger partial charge in [-0.3, -0.25) is 63.7 Å². The molecule has 6 aliphatic rings. The number of hydrogen-bond donors (Lipinski definition) is 0. The zero-order chi connectivity index (χ0) is 62.0. The Bertz CT molecular complexity index is 2320. The highest BCUT2D eigenvalue weighted by molar-refractivity contribution is 5.14. The Hall–Kier alpha value is -7.89. The second kappa shape index (κ2) is 48.6. The molecular formula is C60H82FN23. The van der Waals surface area contributed by atoms with Gasteiger partial charge in [-0.2, -0.15) is 52.6 Å². The molecule has 6 heterocycles. The molecule has 0 aliphatic carbocycles. The summed E-state index contributed by atoms with van der Waals surface area (Å²) >= 11 is 0. The molecule has 0 amide bonds. The van der Waals surface area contributed by atoms with Gasteiger partial charge in [0.05, 0.1) is 153 Å². The van der Waals surface area contributed by atoms with E-state index >= 15 is 0 Å². The van der Waals surface area contributed by atoms with Crippen LogP contribution in [0.2, 0.25) is 0 Å². The monoisotopic (exact) mass is 1140 g/mol. The van der Waals surface area contributed by atoms with Gasteiger partial charge in [0.1, 0.15) is 6.17 Å². The minimum absolute atomic E-state index is 0.265. The highest BCUT2D eigenvalue weighted by Crippen LogP contribution is 2.13. The molecule has 24 heteroatoms. The number of hydrogen-bond acceptors (Lipinski definition) is 23. The fourth-order valence-electron chi connectivity index (χ4n) is 9.60. The Kier molecular flexibility index (Phi) is 42.9. The van der Waals surface area contributed by atoms with Gasteiger partial charge >= 0.3 is 0 Å². The summed E-state index contributed by atoms with van der Waals surface area (Å²) < 4.78 is 13.1. The van der Waals surface area contributed by atoms with Crippen molar-refractivity contribution >= 4 is 0 Å². The second-order valence-corrected chi connectivity index (χ2v) is 20.1. The molecule has 0 aromatic rings. The van der Waals surface area contributed by atoms with Crippen molar-refractivity contribution < 1.29 is 4.39 Å². The molecule has 0 spiro atoms. The molecule has 444 valence electrons. The van der Waals surface area contributed by atoms with E-state index in [1.54, 1.807) is 14.7 Å². The van der Waals surface area contributed by atoms with Gasteiger partial charge in [0, 0.05) is 130 Å². The standard InChI is InChI=1S/C11H11N5.C11H17N3.C10H13N5.C10H16N4.C9H12FN3.C9H13N3/c1-2-10(6-12)15-4-3-5-16(9-15)11(7-13)8-14;1-2-3-7-13-9-5-10-14(11-13)8-4-6-12;1-2-5-13-8-14(6-3-11)10-15(9-13)7-4-12;11-3-1-5-13-7-9-14(10-8-13)6-2-4-12;1-2-4-12-6-9(10)7-13(8-12)5-3-11;1-2-5-11-6-3-7-12(9-11)8-4-10/h1,10-11H,3-5,9H2;1H,3-5,7-11H2;1H,5-10H2;1-2,5-10H2;1,9H,4-8H2;1H,3,5-9H2. The van der Waals surface area contributed by atoms with Crippen molar-refractivity contribution in [3.8, 4) is 122 Å². The van der Waals surface area contributed by atoms with Gasteiger partial charge in [-0.05, 0) is 19.3 Å². The number of nitriles is 10. The summed E-state index contributed by atoms with van der Waals surface area (Å²) in [6.45, 7) is 22.3. The van der Waals surface area contributed by atoms with E-state index in [0.717, 1.165) is 118 Å². The van der Waals surface area contributed by atoms with Gasteiger partial charge in [-0.1, -0.05) is 23.7 Å².